The van der Waals surface area contributed by atoms with Gasteiger partial charge in [-0.15, -0.1) is 0 Å². The van der Waals surface area contributed by atoms with E-state index in [0.717, 1.165) is 30.2 Å². The molecule has 3 N–H and O–H groups in total. The third-order valence-electron chi connectivity index (χ3n) is 3.20. The summed E-state index contributed by atoms with van der Waals surface area (Å²) < 4.78 is 5.12. The number of nitrogen functional groups attached to an aromatic ring is 1. The Hall–Kier alpha value is -1.42. The minimum Gasteiger partial charge on any atom is -0.497 e. The lowest BCUT2D eigenvalue weighted by molar-refractivity contribution is 0.352. The average molecular weight is 235 g/mol. The number of hydrogen-bond donors (Lipinski definition) is 2. The molecule has 0 unspecified atom stereocenters. The molecule has 0 spiro atoms. The number of ether oxygens (including phenoxy) is 1. The normalized spacial score (nSPS) is 16.1. The summed E-state index contributed by atoms with van der Waals surface area (Å²) in [6, 6.07) is 5.74. The SMILES string of the molecule is COc1ccc(NCCN2CCCC2)c(N)c1. The van der Waals surface area contributed by atoms with Crippen LogP contribution in [-0.2, 0) is 0 Å². The molecule has 0 saturated carbocycles. The lowest BCUT2D eigenvalue weighted by Crippen LogP contribution is -2.26. The van der Waals surface area contributed by atoms with E-state index < -0.39 is 0 Å². The first-order valence-corrected chi connectivity index (χ1v) is 6.19. The number of likely N-dealkylation sites (tertiary alicyclic amines) is 1. The molecule has 1 aromatic carbocycles. The molecular weight excluding hydrogens is 214 g/mol. The van der Waals surface area contributed by atoms with Gasteiger partial charge in [-0.1, -0.05) is 0 Å². The molecule has 2 rings (SSSR count). The molecule has 1 saturated heterocycles. The highest BCUT2D eigenvalue weighted by molar-refractivity contribution is 5.68. The first-order chi connectivity index (χ1) is 8.29. The fraction of sp³-hybridized carbons (Fsp3) is 0.538. The molecule has 1 fully saturated rings. The monoisotopic (exact) mass is 235 g/mol. The maximum absolute atomic E-state index is 5.94. The summed E-state index contributed by atoms with van der Waals surface area (Å²) in [5, 5.41) is 3.37. The van der Waals surface area contributed by atoms with Gasteiger partial charge in [-0.25, -0.2) is 0 Å². The highest BCUT2D eigenvalue weighted by atomic mass is 16.5. The minimum absolute atomic E-state index is 0.741. The molecule has 0 aromatic heterocycles. The van der Waals surface area contributed by atoms with E-state index >= 15 is 0 Å². The quantitative estimate of drug-likeness (QED) is 0.764. The van der Waals surface area contributed by atoms with E-state index in [-0.39, 0.29) is 0 Å². The van der Waals surface area contributed by atoms with Crippen molar-refractivity contribution in [3.8, 4) is 5.75 Å². The minimum atomic E-state index is 0.741. The molecule has 1 aliphatic heterocycles. The van der Waals surface area contributed by atoms with Crippen LogP contribution in [0.2, 0.25) is 0 Å². The molecule has 4 nitrogen and oxygen atoms in total. The lowest BCUT2D eigenvalue weighted by Gasteiger charge is -2.16. The number of rotatable bonds is 5. The predicted molar refractivity (Wildman–Crippen MR) is 71.6 cm³/mol. The Bertz CT molecular complexity index is 362. The van der Waals surface area contributed by atoms with Gasteiger partial charge in [0.2, 0.25) is 0 Å². The van der Waals surface area contributed by atoms with Crippen LogP contribution in [0, 0.1) is 0 Å². The van der Waals surface area contributed by atoms with Crippen LogP contribution in [0.25, 0.3) is 0 Å². The molecule has 1 heterocycles. The van der Waals surface area contributed by atoms with Crippen LogP contribution in [0.15, 0.2) is 18.2 Å². The summed E-state index contributed by atoms with van der Waals surface area (Å²) in [7, 11) is 1.65. The second-order valence-corrected chi connectivity index (χ2v) is 4.43. The van der Waals surface area contributed by atoms with Crippen LogP contribution in [-0.4, -0.2) is 38.2 Å². The maximum Gasteiger partial charge on any atom is 0.121 e. The molecule has 0 bridgehead atoms. The van der Waals surface area contributed by atoms with Crippen LogP contribution in [0.3, 0.4) is 0 Å². The highest BCUT2D eigenvalue weighted by Gasteiger charge is 2.10. The van der Waals surface area contributed by atoms with E-state index in [0.29, 0.717) is 0 Å². The summed E-state index contributed by atoms with van der Waals surface area (Å²) in [5.74, 6) is 0.799. The number of anilines is 2. The number of nitrogens with zero attached hydrogens (tertiary/aromatic N) is 1. The van der Waals surface area contributed by atoms with Crippen LogP contribution < -0.4 is 15.8 Å². The maximum atomic E-state index is 5.94. The molecule has 0 atom stereocenters. The Balaban J connectivity index is 1.81. The lowest BCUT2D eigenvalue weighted by atomic mass is 10.2. The molecule has 0 amide bonds. The van der Waals surface area contributed by atoms with Crippen molar-refractivity contribution in [3.63, 3.8) is 0 Å². The zero-order valence-electron chi connectivity index (χ0n) is 10.4. The van der Waals surface area contributed by atoms with Crippen molar-refractivity contribution in [2.24, 2.45) is 0 Å². The number of methoxy groups -OCH3 is 1. The van der Waals surface area contributed by atoms with Crippen LogP contribution in [0.1, 0.15) is 12.8 Å². The van der Waals surface area contributed by atoms with E-state index in [9.17, 15) is 0 Å². The number of nitrogens with two attached hydrogens (primary N) is 1. The van der Waals surface area contributed by atoms with Crippen molar-refractivity contribution in [2.45, 2.75) is 12.8 Å². The van der Waals surface area contributed by atoms with E-state index in [1.54, 1.807) is 7.11 Å². The molecule has 94 valence electrons. The van der Waals surface area contributed by atoms with Crippen LogP contribution in [0.4, 0.5) is 11.4 Å². The van der Waals surface area contributed by atoms with Crippen molar-refractivity contribution in [1.82, 2.24) is 4.90 Å². The van der Waals surface area contributed by atoms with Gasteiger partial charge >= 0.3 is 0 Å². The van der Waals surface area contributed by atoms with E-state index in [4.69, 9.17) is 10.5 Å². The third-order valence-corrected chi connectivity index (χ3v) is 3.20. The van der Waals surface area contributed by atoms with Crippen LogP contribution in [0.5, 0.6) is 5.75 Å². The van der Waals surface area contributed by atoms with Gasteiger partial charge in [0.05, 0.1) is 18.5 Å². The Morgan fingerprint density at radius 3 is 2.76 bits per heavy atom. The van der Waals surface area contributed by atoms with Crippen molar-refractivity contribution in [2.75, 3.05) is 44.3 Å². The molecule has 0 aliphatic carbocycles. The zero-order chi connectivity index (χ0) is 12.1. The molecule has 1 aliphatic rings. The third kappa shape index (κ3) is 3.27. The molecular formula is C13H21N3O. The van der Waals surface area contributed by atoms with Crippen molar-refractivity contribution in [3.05, 3.63) is 18.2 Å². The van der Waals surface area contributed by atoms with Gasteiger partial charge in [-0.3, -0.25) is 0 Å². The van der Waals surface area contributed by atoms with Gasteiger partial charge in [0, 0.05) is 19.2 Å². The molecule has 0 radical (unpaired) electrons. The van der Waals surface area contributed by atoms with E-state index in [2.05, 4.69) is 10.2 Å². The summed E-state index contributed by atoms with van der Waals surface area (Å²) in [6.07, 6.45) is 2.68. The van der Waals surface area contributed by atoms with Gasteiger partial charge in [0.1, 0.15) is 5.75 Å². The Labute approximate surface area is 103 Å². The summed E-state index contributed by atoms with van der Waals surface area (Å²) in [5.41, 5.74) is 7.67. The Morgan fingerprint density at radius 2 is 2.12 bits per heavy atom. The number of nitrogens with one attached hydrogen (secondary N) is 1. The van der Waals surface area contributed by atoms with Gasteiger partial charge in [-0.2, -0.15) is 0 Å². The first-order valence-electron chi connectivity index (χ1n) is 6.19. The Morgan fingerprint density at radius 1 is 1.35 bits per heavy atom. The number of benzene rings is 1. The van der Waals surface area contributed by atoms with Crippen molar-refractivity contribution < 1.29 is 4.74 Å². The summed E-state index contributed by atoms with van der Waals surface area (Å²) in [4.78, 5) is 2.48. The second-order valence-electron chi connectivity index (χ2n) is 4.43. The Kier molecular flexibility index (Phi) is 4.09. The van der Waals surface area contributed by atoms with Crippen molar-refractivity contribution >= 4 is 11.4 Å². The molecule has 1 aromatic rings. The number of hydrogen-bond acceptors (Lipinski definition) is 4. The van der Waals surface area contributed by atoms with Gasteiger partial charge in [0.15, 0.2) is 0 Å². The van der Waals surface area contributed by atoms with Crippen LogP contribution >= 0.6 is 0 Å². The zero-order valence-corrected chi connectivity index (χ0v) is 10.4. The standard InChI is InChI=1S/C13H21N3O/c1-17-11-4-5-13(12(14)10-11)15-6-9-16-7-2-3-8-16/h4-5,10,15H,2-3,6-9,14H2,1H3. The van der Waals surface area contributed by atoms with Gasteiger partial charge < -0.3 is 20.7 Å². The first kappa shape index (κ1) is 12.0. The topological polar surface area (TPSA) is 50.5 Å². The second kappa shape index (κ2) is 5.77. The van der Waals surface area contributed by atoms with Gasteiger partial charge in [-0.05, 0) is 38.1 Å². The summed E-state index contributed by atoms with van der Waals surface area (Å²) >= 11 is 0. The molecule has 4 heteroatoms. The average Bonchev–Trinajstić information content (AvgIpc) is 2.84. The highest BCUT2D eigenvalue weighted by Crippen LogP contribution is 2.23. The van der Waals surface area contributed by atoms with Gasteiger partial charge in [0.25, 0.3) is 0 Å². The van der Waals surface area contributed by atoms with E-state index in [1.807, 2.05) is 18.2 Å². The van der Waals surface area contributed by atoms with E-state index in [1.165, 1.54) is 25.9 Å². The molecule has 17 heavy (non-hydrogen) atoms. The predicted octanol–water partition coefficient (Wildman–Crippen LogP) is 1.79. The smallest absolute Gasteiger partial charge is 0.121 e. The summed E-state index contributed by atoms with van der Waals surface area (Å²) in [6.45, 7) is 4.50. The fourth-order valence-electron chi connectivity index (χ4n) is 2.18. The fourth-order valence-corrected chi connectivity index (χ4v) is 2.18. The largest absolute Gasteiger partial charge is 0.497 e. The van der Waals surface area contributed by atoms with Crippen molar-refractivity contribution in [1.29, 1.82) is 0 Å².